The first kappa shape index (κ1) is 16.7. The minimum Gasteiger partial charge on any atom is -0.383 e. The molecular weight excluding hydrogens is 304 g/mol. The van der Waals surface area contributed by atoms with Gasteiger partial charge in [0.1, 0.15) is 0 Å². The van der Waals surface area contributed by atoms with Crippen LogP contribution in [0.15, 0.2) is 24.3 Å². The number of methoxy groups -OCH3 is 1. The van der Waals surface area contributed by atoms with Crippen molar-refractivity contribution in [2.24, 2.45) is 0 Å². The van der Waals surface area contributed by atoms with Crippen molar-refractivity contribution in [1.29, 1.82) is 0 Å². The second-order valence-electron chi connectivity index (χ2n) is 4.69. The molecule has 6 heteroatoms. The quantitative estimate of drug-likeness (QED) is 0.717. The Kier molecular flexibility index (Phi) is 7.43. The van der Waals surface area contributed by atoms with Gasteiger partial charge in [-0.05, 0) is 17.7 Å². The summed E-state index contributed by atoms with van der Waals surface area (Å²) in [6.45, 7) is 2.87. The third kappa shape index (κ3) is 5.54. The molecule has 2 rings (SSSR count). The van der Waals surface area contributed by atoms with Gasteiger partial charge in [0.15, 0.2) is 0 Å². The first-order chi connectivity index (χ1) is 10.3. The number of amides is 1. The van der Waals surface area contributed by atoms with Crippen LogP contribution in [0.2, 0.25) is 0 Å². The van der Waals surface area contributed by atoms with Crippen molar-refractivity contribution in [1.82, 2.24) is 10.6 Å². The Hall–Kier alpha value is -0.690. The lowest BCUT2D eigenvalue weighted by Gasteiger charge is -2.10. The molecule has 1 saturated heterocycles. The van der Waals surface area contributed by atoms with Crippen LogP contribution in [0, 0.1) is 0 Å². The molecule has 0 saturated carbocycles. The lowest BCUT2D eigenvalue weighted by atomic mass is 10.1. The zero-order valence-corrected chi connectivity index (χ0v) is 13.9. The third-order valence-electron chi connectivity index (χ3n) is 3.14. The van der Waals surface area contributed by atoms with E-state index in [4.69, 9.17) is 4.74 Å². The molecule has 1 aliphatic rings. The molecule has 1 heterocycles. The lowest BCUT2D eigenvalue weighted by Crippen LogP contribution is -2.33. The zero-order chi connectivity index (χ0) is 14.9. The monoisotopic (exact) mass is 326 g/mol. The molecule has 1 fully saturated rings. The number of benzene rings is 1. The predicted octanol–water partition coefficient (Wildman–Crippen LogP) is 2.13. The highest BCUT2D eigenvalue weighted by Gasteiger charge is 2.18. The summed E-state index contributed by atoms with van der Waals surface area (Å²) in [5, 5.41) is 6.11. The van der Waals surface area contributed by atoms with Crippen molar-refractivity contribution in [2.75, 3.05) is 44.9 Å². The van der Waals surface area contributed by atoms with Gasteiger partial charge in [0.05, 0.1) is 11.2 Å². The summed E-state index contributed by atoms with van der Waals surface area (Å²) in [4.78, 5) is 12.0. The van der Waals surface area contributed by atoms with Crippen LogP contribution >= 0.6 is 23.5 Å². The maximum Gasteiger partial charge on any atom is 0.251 e. The molecule has 21 heavy (non-hydrogen) atoms. The van der Waals surface area contributed by atoms with Crippen molar-refractivity contribution >= 4 is 29.4 Å². The molecule has 0 bridgehead atoms. The summed E-state index contributed by atoms with van der Waals surface area (Å²) in [5.41, 5.74) is 2.03. The molecule has 4 nitrogen and oxygen atoms in total. The molecule has 0 atom stereocenters. The minimum absolute atomic E-state index is 0.0122. The molecule has 1 aromatic carbocycles. The van der Waals surface area contributed by atoms with Crippen LogP contribution < -0.4 is 10.6 Å². The topological polar surface area (TPSA) is 50.4 Å². The Bertz CT molecular complexity index is 434. The van der Waals surface area contributed by atoms with Gasteiger partial charge in [-0.15, -0.1) is 23.5 Å². The van der Waals surface area contributed by atoms with Gasteiger partial charge in [-0.3, -0.25) is 4.79 Å². The van der Waals surface area contributed by atoms with E-state index in [0.29, 0.717) is 17.7 Å². The van der Waals surface area contributed by atoms with Gasteiger partial charge in [0.25, 0.3) is 5.91 Å². The molecule has 1 aromatic rings. The number of thioether (sulfide) groups is 2. The fraction of sp³-hybridized carbons (Fsp3) is 0.533. The zero-order valence-electron chi connectivity index (χ0n) is 12.3. The number of ether oxygens (including phenoxy) is 1. The summed E-state index contributed by atoms with van der Waals surface area (Å²) in [7, 11) is 1.68. The van der Waals surface area contributed by atoms with E-state index in [2.05, 4.69) is 22.8 Å². The maximum atomic E-state index is 12.0. The van der Waals surface area contributed by atoms with Gasteiger partial charge in [-0.2, -0.15) is 0 Å². The van der Waals surface area contributed by atoms with Crippen molar-refractivity contribution in [3.8, 4) is 0 Å². The number of hydrogen-bond donors (Lipinski definition) is 2. The van der Waals surface area contributed by atoms with E-state index in [-0.39, 0.29) is 5.91 Å². The van der Waals surface area contributed by atoms with Crippen LogP contribution in [0.4, 0.5) is 0 Å². The molecule has 2 N–H and O–H groups in total. The summed E-state index contributed by atoms with van der Waals surface area (Å²) in [6, 6.07) is 7.98. The van der Waals surface area contributed by atoms with Crippen LogP contribution in [0.1, 0.15) is 20.5 Å². The lowest BCUT2D eigenvalue weighted by molar-refractivity contribution is 0.0953. The molecular formula is C15H22N2O2S2. The Morgan fingerprint density at radius 3 is 2.57 bits per heavy atom. The SMILES string of the molecule is COCCNCCNC(=O)c1ccc(C2SCCS2)cc1. The standard InChI is InChI=1S/C15H22N2O2S2/c1-19-9-8-16-6-7-17-14(18)12-2-4-13(5-3-12)15-20-10-11-21-15/h2-5,15-16H,6-11H2,1H3,(H,17,18). The van der Waals surface area contributed by atoms with E-state index < -0.39 is 0 Å². The molecule has 1 aliphatic heterocycles. The molecule has 0 aliphatic carbocycles. The fourth-order valence-electron chi connectivity index (χ4n) is 2.01. The van der Waals surface area contributed by atoms with Crippen molar-refractivity contribution in [3.63, 3.8) is 0 Å². The van der Waals surface area contributed by atoms with Crippen LogP contribution in [0.3, 0.4) is 0 Å². The Balaban J connectivity index is 1.72. The van der Waals surface area contributed by atoms with Crippen LogP contribution in [-0.4, -0.2) is 50.8 Å². The molecule has 0 radical (unpaired) electrons. The second kappa shape index (κ2) is 9.35. The molecule has 1 amide bonds. The Morgan fingerprint density at radius 2 is 1.90 bits per heavy atom. The van der Waals surface area contributed by atoms with Gasteiger partial charge in [0.2, 0.25) is 0 Å². The average Bonchev–Trinajstić information content (AvgIpc) is 3.05. The number of carbonyl (C=O) groups is 1. The fourth-order valence-corrected chi connectivity index (χ4v) is 4.87. The molecule has 0 aromatic heterocycles. The number of hydrogen-bond acceptors (Lipinski definition) is 5. The van der Waals surface area contributed by atoms with Gasteiger partial charge in [-0.25, -0.2) is 0 Å². The van der Waals surface area contributed by atoms with Crippen LogP contribution in [0.25, 0.3) is 0 Å². The highest BCUT2D eigenvalue weighted by molar-refractivity contribution is 8.19. The number of nitrogens with one attached hydrogen (secondary N) is 2. The first-order valence-electron chi connectivity index (χ1n) is 7.12. The largest absolute Gasteiger partial charge is 0.383 e. The van der Waals surface area contributed by atoms with Gasteiger partial charge >= 0.3 is 0 Å². The van der Waals surface area contributed by atoms with Crippen molar-refractivity contribution in [2.45, 2.75) is 4.58 Å². The van der Waals surface area contributed by atoms with Crippen LogP contribution in [0.5, 0.6) is 0 Å². The maximum absolute atomic E-state index is 12.0. The summed E-state index contributed by atoms with van der Waals surface area (Å²) < 4.78 is 5.47. The molecule has 116 valence electrons. The summed E-state index contributed by atoms with van der Waals surface area (Å²) in [5.74, 6) is 2.42. The minimum atomic E-state index is -0.0122. The molecule has 0 unspecified atom stereocenters. The van der Waals surface area contributed by atoms with E-state index in [1.54, 1.807) is 7.11 Å². The highest BCUT2D eigenvalue weighted by atomic mass is 32.2. The highest BCUT2D eigenvalue weighted by Crippen LogP contribution is 2.45. The predicted molar refractivity (Wildman–Crippen MR) is 91.2 cm³/mol. The number of rotatable bonds is 8. The second-order valence-corrected chi connectivity index (χ2v) is 7.42. The summed E-state index contributed by atoms with van der Waals surface area (Å²) in [6.07, 6.45) is 0. The summed E-state index contributed by atoms with van der Waals surface area (Å²) >= 11 is 3.95. The van der Waals surface area contributed by atoms with E-state index >= 15 is 0 Å². The Morgan fingerprint density at radius 1 is 1.19 bits per heavy atom. The van der Waals surface area contributed by atoms with E-state index in [0.717, 1.165) is 18.7 Å². The smallest absolute Gasteiger partial charge is 0.251 e. The van der Waals surface area contributed by atoms with Crippen molar-refractivity contribution in [3.05, 3.63) is 35.4 Å². The number of carbonyl (C=O) groups excluding carboxylic acids is 1. The average molecular weight is 326 g/mol. The normalized spacial score (nSPS) is 15.3. The van der Waals surface area contributed by atoms with E-state index in [1.807, 2.05) is 35.7 Å². The first-order valence-corrected chi connectivity index (χ1v) is 9.22. The van der Waals surface area contributed by atoms with Gasteiger partial charge in [-0.1, -0.05) is 12.1 Å². The van der Waals surface area contributed by atoms with Gasteiger partial charge < -0.3 is 15.4 Å². The van der Waals surface area contributed by atoms with E-state index in [9.17, 15) is 4.79 Å². The molecule has 0 spiro atoms. The van der Waals surface area contributed by atoms with Gasteiger partial charge in [0, 0.05) is 43.8 Å². The third-order valence-corrected chi connectivity index (χ3v) is 6.24. The Labute approximate surface area is 134 Å². The van der Waals surface area contributed by atoms with Crippen molar-refractivity contribution < 1.29 is 9.53 Å². The van der Waals surface area contributed by atoms with Crippen LogP contribution in [-0.2, 0) is 4.74 Å². The van der Waals surface area contributed by atoms with E-state index in [1.165, 1.54) is 17.1 Å².